The highest BCUT2D eigenvalue weighted by Gasteiger charge is 2.34. The van der Waals surface area contributed by atoms with Gasteiger partial charge in [-0.25, -0.2) is 24.4 Å². The largest absolute Gasteiger partial charge is 0.493 e. The molecule has 2 saturated carbocycles. The van der Waals surface area contributed by atoms with E-state index in [-0.39, 0.29) is 64.3 Å². The third-order valence-electron chi connectivity index (χ3n) is 13.5. The fourth-order valence-corrected chi connectivity index (χ4v) is 9.86. The first kappa shape index (κ1) is 63.8. The number of nitrogens with zero attached hydrogens (tertiary/aromatic N) is 3. The van der Waals surface area contributed by atoms with E-state index in [2.05, 4.69) is 19.7 Å². The summed E-state index contributed by atoms with van der Waals surface area (Å²) >= 11 is 1.42. The van der Waals surface area contributed by atoms with E-state index in [1.165, 1.54) is 23.6 Å². The number of anilines is 1. The summed E-state index contributed by atoms with van der Waals surface area (Å²) in [5.41, 5.74) is 1.08. The van der Waals surface area contributed by atoms with Crippen LogP contribution in [-0.4, -0.2) is 119 Å². The molecule has 4 aromatic carbocycles. The molecule has 0 bridgehead atoms. The number of rotatable bonds is 33. The first-order chi connectivity index (χ1) is 41.4. The van der Waals surface area contributed by atoms with E-state index in [0.29, 0.717) is 111 Å². The van der Waals surface area contributed by atoms with Crippen LogP contribution in [0.1, 0.15) is 69.8 Å². The van der Waals surface area contributed by atoms with Crippen molar-refractivity contribution in [2.45, 2.75) is 64.2 Å². The minimum absolute atomic E-state index is 0.0778. The summed E-state index contributed by atoms with van der Waals surface area (Å²) in [7, 11) is 0. The summed E-state index contributed by atoms with van der Waals surface area (Å²) in [6, 6.07) is 25.5. The number of ether oxygens (including phenoxy) is 11. The van der Waals surface area contributed by atoms with Crippen molar-refractivity contribution in [1.82, 2.24) is 4.98 Å². The molecule has 0 N–H and O–H groups in total. The molecule has 7 rings (SSSR count). The fraction of sp³-hybridized carbons (Fsp3) is 0.381. The Labute approximate surface area is 496 Å². The van der Waals surface area contributed by atoms with Crippen molar-refractivity contribution < 1.29 is 85.7 Å². The van der Waals surface area contributed by atoms with Gasteiger partial charge in [0, 0.05) is 36.6 Å². The lowest BCUT2D eigenvalue weighted by Gasteiger charge is -2.26. The molecule has 450 valence electrons. The van der Waals surface area contributed by atoms with E-state index in [1.54, 1.807) is 65.7 Å². The molecule has 21 nitrogen and oxygen atoms in total. The van der Waals surface area contributed by atoms with E-state index in [9.17, 15) is 33.6 Å². The predicted octanol–water partition coefficient (Wildman–Crippen LogP) is 9.53. The molecular weight excluding hydrogens is 1120 g/mol. The van der Waals surface area contributed by atoms with Gasteiger partial charge in [0.25, 0.3) is 0 Å². The highest BCUT2D eigenvalue weighted by atomic mass is 32.1. The lowest BCUT2D eigenvalue weighted by molar-refractivity contribution is -0.145. The van der Waals surface area contributed by atoms with Crippen molar-refractivity contribution in [1.29, 1.82) is 0 Å². The molecule has 2 aliphatic rings. The zero-order valence-electron chi connectivity index (χ0n) is 47.1. The third-order valence-corrected chi connectivity index (χ3v) is 14.6. The maximum atomic E-state index is 14.0. The topological polar surface area (TPSA) is 250 Å². The number of carbonyl (C=O) groups is 7. The normalized spacial score (nSPS) is 16.5. The van der Waals surface area contributed by atoms with E-state index in [4.69, 9.17) is 62.2 Å². The Balaban J connectivity index is 0.967. The van der Waals surface area contributed by atoms with Gasteiger partial charge in [-0.2, -0.15) is 5.10 Å². The Bertz CT molecular complexity index is 3060. The second-order valence-electron chi connectivity index (χ2n) is 19.5. The lowest BCUT2D eigenvalue weighted by Crippen LogP contribution is -2.30. The van der Waals surface area contributed by atoms with Crippen molar-refractivity contribution in [2.24, 2.45) is 28.8 Å². The van der Waals surface area contributed by atoms with Crippen LogP contribution in [0, 0.1) is 23.7 Å². The summed E-state index contributed by atoms with van der Waals surface area (Å²) in [6.45, 7) is 12.3. The van der Waals surface area contributed by atoms with E-state index < -0.39 is 65.5 Å². The average molecular weight is 1190 g/mol. The number of hydrazone groups is 1. The molecule has 1 aromatic heterocycles. The Morgan fingerprint density at radius 1 is 0.494 bits per heavy atom. The van der Waals surface area contributed by atoms with Gasteiger partial charge in [0.05, 0.1) is 99.5 Å². The number of carbonyl (C=O) groups excluding carboxylic acids is 7. The van der Waals surface area contributed by atoms with E-state index >= 15 is 0 Å². The van der Waals surface area contributed by atoms with Crippen LogP contribution in [0.2, 0.25) is 0 Å². The molecule has 0 atom stereocenters. The summed E-state index contributed by atoms with van der Waals surface area (Å²) in [4.78, 5) is 92.8. The SMILES string of the molecule is C=CC(=O)OCCCOc1ccc(OC(=O)C2CCC(C(=O)Oc3ccc(OC(=O)C4CCC(C(=O)Oc5ccc(OCCCOC(=O)C=C)cc5)CC4)c(/C=N/N(CCOCCOCCOC(=O)C=C)c4nc5ccccc5s4)c3)CC2)cc1. The lowest BCUT2D eigenvalue weighted by atomic mass is 9.82. The number of benzene rings is 4. The van der Waals surface area contributed by atoms with Gasteiger partial charge in [-0.3, -0.25) is 19.2 Å². The first-order valence-corrected chi connectivity index (χ1v) is 28.9. The minimum atomic E-state index is -0.537. The molecule has 2 aliphatic carbocycles. The van der Waals surface area contributed by atoms with Crippen LogP contribution in [0.15, 0.2) is 134 Å². The summed E-state index contributed by atoms with van der Waals surface area (Å²) in [5, 5.41) is 7.04. The standard InChI is InChI=1S/C63H69N3O18S/c1-4-56(67)78-34-9-32-76-48-21-25-50(26-22-48)81-59(70)43-13-15-45(16-14-43)61(72)83-52-29-30-54(84-62(73)46-19-17-44(18-20-46)60(71)82-51-27-23-49(24-28-51)77-33-10-35-79-57(68)5-2)47(41-52)42-64-66(63-65-53-11-7-8-12-55(53)85-63)31-36-74-37-38-75-39-40-80-58(69)6-3/h4-8,11-12,21-30,41-46H,1-3,9-10,13-20,31-40H2/b64-42+. The number of fused-ring (bicyclic) bond motifs is 1. The van der Waals surface area contributed by atoms with Gasteiger partial charge in [-0.05, 0) is 130 Å². The maximum Gasteiger partial charge on any atom is 0.330 e. The highest BCUT2D eigenvalue weighted by molar-refractivity contribution is 7.22. The Kier molecular flexibility index (Phi) is 25.6. The van der Waals surface area contributed by atoms with Gasteiger partial charge in [0.15, 0.2) is 0 Å². The number of thiazole rings is 1. The van der Waals surface area contributed by atoms with Crippen LogP contribution in [0.5, 0.6) is 34.5 Å². The van der Waals surface area contributed by atoms with Gasteiger partial charge < -0.3 is 52.1 Å². The van der Waals surface area contributed by atoms with Crippen LogP contribution in [0.3, 0.4) is 0 Å². The van der Waals surface area contributed by atoms with Gasteiger partial charge in [0.2, 0.25) is 5.13 Å². The maximum absolute atomic E-state index is 14.0. The Morgan fingerprint density at radius 3 is 1.41 bits per heavy atom. The molecular formula is C63H69N3O18S. The van der Waals surface area contributed by atoms with Crippen LogP contribution < -0.4 is 33.4 Å². The van der Waals surface area contributed by atoms with E-state index in [0.717, 1.165) is 28.4 Å². The predicted molar refractivity (Wildman–Crippen MR) is 313 cm³/mol. The molecule has 85 heavy (non-hydrogen) atoms. The fourth-order valence-electron chi connectivity index (χ4n) is 8.91. The summed E-state index contributed by atoms with van der Waals surface area (Å²) in [6.07, 6.45) is 8.85. The second-order valence-corrected chi connectivity index (χ2v) is 20.5. The first-order valence-electron chi connectivity index (χ1n) is 28.0. The second kappa shape index (κ2) is 34.1. The van der Waals surface area contributed by atoms with Crippen LogP contribution in [0.25, 0.3) is 10.2 Å². The van der Waals surface area contributed by atoms with Crippen LogP contribution >= 0.6 is 11.3 Å². The summed E-state index contributed by atoms with van der Waals surface area (Å²) < 4.78 is 62.0. The Hall–Kier alpha value is -8.73. The molecule has 1 heterocycles. The molecule has 22 heteroatoms. The van der Waals surface area contributed by atoms with Gasteiger partial charge in [-0.1, -0.05) is 43.2 Å². The number of hydrogen-bond donors (Lipinski definition) is 0. The number of hydrogen-bond acceptors (Lipinski definition) is 22. The number of para-hydroxylation sites is 1. The minimum Gasteiger partial charge on any atom is -0.493 e. The zero-order chi connectivity index (χ0) is 60.2. The van der Waals surface area contributed by atoms with E-state index in [1.807, 2.05) is 24.3 Å². The number of esters is 7. The Morgan fingerprint density at radius 2 is 0.918 bits per heavy atom. The van der Waals surface area contributed by atoms with Gasteiger partial charge in [-0.15, -0.1) is 0 Å². The van der Waals surface area contributed by atoms with Crippen LogP contribution in [0.4, 0.5) is 5.13 Å². The van der Waals surface area contributed by atoms with Gasteiger partial charge >= 0.3 is 41.8 Å². The van der Waals surface area contributed by atoms with Crippen molar-refractivity contribution >= 4 is 74.7 Å². The monoisotopic (exact) mass is 1190 g/mol. The molecule has 0 saturated heterocycles. The molecule has 0 radical (unpaired) electrons. The molecule has 0 unspecified atom stereocenters. The molecule has 0 spiro atoms. The molecule has 0 aliphatic heterocycles. The van der Waals surface area contributed by atoms with Crippen molar-refractivity contribution in [3.63, 3.8) is 0 Å². The summed E-state index contributed by atoms with van der Waals surface area (Å²) in [5.74, 6) is -3.09. The molecule has 2 fully saturated rings. The zero-order valence-corrected chi connectivity index (χ0v) is 48.0. The van der Waals surface area contributed by atoms with Crippen LogP contribution in [-0.2, 0) is 57.2 Å². The van der Waals surface area contributed by atoms with Crippen molar-refractivity contribution in [3.05, 3.63) is 135 Å². The average Bonchev–Trinajstić information content (AvgIpc) is 4.24. The van der Waals surface area contributed by atoms with Crippen molar-refractivity contribution in [3.8, 4) is 34.5 Å². The van der Waals surface area contributed by atoms with Gasteiger partial charge in [0.1, 0.15) is 41.1 Å². The molecule has 5 aromatic rings. The van der Waals surface area contributed by atoms with Crippen molar-refractivity contribution in [2.75, 3.05) is 71.0 Å². The molecule has 0 amide bonds. The smallest absolute Gasteiger partial charge is 0.330 e. The number of aromatic nitrogens is 1. The highest BCUT2D eigenvalue weighted by Crippen LogP contribution is 2.36. The quantitative estimate of drug-likeness (QED) is 0.00721. The third kappa shape index (κ3) is 21.1.